The molecule has 7 aromatic carbocycles. The fourth-order valence-electron chi connectivity index (χ4n) is 8.05. The standard InChI is InChI=1S/C44H29N3O/c45-30-23-21-28(22-24-30)32-13-10-16-36-42(32)33-26-25-31(47-39-18-7-6-17-38(39)46-43(47)29-11-2-1-3-12-29)27-37(33)44(36)34-14-4-8-19-40(34)48-41-20-9-5-15-35(41)44/h1-27H,45H2. The van der Waals surface area contributed by atoms with Crippen LogP contribution in [-0.4, -0.2) is 9.55 Å². The van der Waals surface area contributed by atoms with Gasteiger partial charge in [-0.15, -0.1) is 0 Å². The number of hydrogen-bond acceptors (Lipinski definition) is 3. The van der Waals surface area contributed by atoms with Gasteiger partial charge >= 0.3 is 0 Å². The van der Waals surface area contributed by atoms with Gasteiger partial charge in [0.15, 0.2) is 0 Å². The molecular weight excluding hydrogens is 587 g/mol. The monoisotopic (exact) mass is 615 g/mol. The Morgan fingerprint density at radius 2 is 1.19 bits per heavy atom. The number of nitrogen functional groups attached to an aromatic ring is 1. The molecule has 4 heteroatoms. The van der Waals surface area contributed by atoms with Crippen LogP contribution in [0.1, 0.15) is 22.3 Å². The van der Waals surface area contributed by atoms with Crippen molar-refractivity contribution in [2.24, 2.45) is 0 Å². The van der Waals surface area contributed by atoms with Gasteiger partial charge in [0, 0.05) is 28.1 Å². The van der Waals surface area contributed by atoms with E-state index in [0.29, 0.717) is 0 Å². The van der Waals surface area contributed by atoms with E-state index in [-0.39, 0.29) is 0 Å². The Kier molecular flexibility index (Phi) is 5.61. The fourth-order valence-corrected chi connectivity index (χ4v) is 8.05. The quantitative estimate of drug-likeness (QED) is 0.201. The molecule has 1 aliphatic heterocycles. The number of aromatic nitrogens is 2. The Labute approximate surface area is 278 Å². The molecule has 2 N–H and O–H groups in total. The summed E-state index contributed by atoms with van der Waals surface area (Å²) in [6.45, 7) is 0. The molecule has 0 fully saturated rings. The minimum absolute atomic E-state index is 0.612. The molecule has 48 heavy (non-hydrogen) atoms. The highest BCUT2D eigenvalue weighted by Crippen LogP contribution is 2.63. The molecule has 0 unspecified atom stereocenters. The van der Waals surface area contributed by atoms with Crippen molar-refractivity contribution < 1.29 is 4.74 Å². The molecule has 226 valence electrons. The van der Waals surface area contributed by atoms with Gasteiger partial charge in [0.2, 0.25) is 0 Å². The maximum atomic E-state index is 6.63. The van der Waals surface area contributed by atoms with E-state index >= 15 is 0 Å². The van der Waals surface area contributed by atoms with Crippen LogP contribution in [0.3, 0.4) is 0 Å². The molecule has 0 bridgehead atoms. The molecule has 0 amide bonds. The third-order valence-electron chi connectivity index (χ3n) is 10.0. The molecule has 0 radical (unpaired) electrons. The second kappa shape index (κ2) is 10.1. The van der Waals surface area contributed by atoms with Gasteiger partial charge < -0.3 is 10.5 Å². The van der Waals surface area contributed by atoms with Crippen molar-refractivity contribution in [1.82, 2.24) is 9.55 Å². The topological polar surface area (TPSA) is 53.1 Å². The first-order valence-electron chi connectivity index (χ1n) is 16.3. The number of benzene rings is 7. The molecule has 10 rings (SSSR count). The summed E-state index contributed by atoms with van der Waals surface area (Å²) < 4.78 is 8.94. The maximum Gasteiger partial charge on any atom is 0.145 e. The molecule has 0 atom stereocenters. The van der Waals surface area contributed by atoms with Crippen molar-refractivity contribution in [1.29, 1.82) is 0 Å². The van der Waals surface area contributed by atoms with Crippen molar-refractivity contribution in [2.75, 3.05) is 5.73 Å². The lowest BCUT2D eigenvalue weighted by Crippen LogP contribution is -2.32. The zero-order valence-corrected chi connectivity index (χ0v) is 26.0. The largest absolute Gasteiger partial charge is 0.457 e. The molecular formula is C44H29N3O. The van der Waals surface area contributed by atoms with Crippen LogP contribution in [0.25, 0.3) is 50.4 Å². The lowest BCUT2D eigenvalue weighted by atomic mass is 9.66. The van der Waals surface area contributed by atoms with E-state index in [9.17, 15) is 0 Å². The number of rotatable bonds is 3. The Hall–Kier alpha value is -6.39. The molecule has 0 saturated carbocycles. The average molecular weight is 616 g/mol. The van der Waals surface area contributed by atoms with Crippen molar-refractivity contribution in [3.8, 4) is 50.8 Å². The first-order chi connectivity index (χ1) is 23.7. The van der Waals surface area contributed by atoms with Crippen molar-refractivity contribution in [2.45, 2.75) is 5.41 Å². The van der Waals surface area contributed by atoms with Crippen LogP contribution in [0.15, 0.2) is 164 Å². The van der Waals surface area contributed by atoms with Crippen LogP contribution in [0.5, 0.6) is 11.5 Å². The summed E-state index contributed by atoms with van der Waals surface area (Å²) in [6.07, 6.45) is 0. The van der Waals surface area contributed by atoms with Crippen molar-refractivity contribution in [3.63, 3.8) is 0 Å². The van der Waals surface area contributed by atoms with Crippen LogP contribution < -0.4 is 10.5 Å². The molecule has 8 aromatic rings. The van der Waals surface area contributed by atoms with Crippen LogP contribution in [0.4, 0.5) is 5.69 Å². The predicted molar refractivity (Wildman–Crippen MR) is 194 cm³/mol. The minimum atomic E-state index is -0.612. The fraction of sp³-hybridized carbons (Fsp3) is 0.0227. The van der Waals surface area contributed by atoms with Crippen LogP contribution >= 0.6 is 0 Å². The smallest absolute Gasteiger partial charge is 0.145 e. The third-order valence-corrected chi connectivity index (χ3v) is 10.0. The van der Waals surface area contributed by atoms with Crippen molar-refractivity contribution >= 4 is 16.7 Å². The van der Waals surface area contributed by atoms with E-state index < -0.39 is 5.41 Å². The summed E-state index contributed by atoms with van der Waals surface area (Å²) in [6, 6.07) is 57.7. The second-order valence-electron chi connectivity index (χ2n) is 12.5. The highest BCUT2D eigenvalue weighted by atomic mass is 16.5. The highest BCUT2D eigenvalue weighted by Gasteiger charge is 2.51. The molecule has 2 heterocycles. The summed E-state index contributed by atoms with van der Waals surface area (Å²) in [4.78, 5) is 5.16. The van der Waals surface area contributed by atoms with Gasteiger partial charge in [-0.2, -0.15) is 0 Å². The van der Waals surface area contributed by atoms with Gasteiger partial charge in [0.25, 0.3) is 0 Å². The predicted octanol–water partition coefficient (Wildman–Crippen LogP) is 10.4. The number of para-hydroxylation sites is 4. The molecule has 4 nitrogen and oxygen atoms in total. The summed E-state index contributed by atoms with van der Waals surface area (Å²) in [5, 5.41) is 0. The van der Waals surface area contributed by atoms with Crippen LogP contribution in [0, 0.1) is 0 Å². The number of anilines is 1. The Morgan fingerprint density at radius 3 is 1.96 bits per heavy atom. The summed E-state index contributed by atoms with van der Waals surface area (Å²) in [7, 11) is 0. The van der Waals surface area contributed by atoms with Gasteiger partial charge in [0.1, 0.15) is 17.3 Å². The number of hydrogen-bond donors (Lipinski definition) is 1. The lowest BCUT2D eigenvalue weighted by Gasteiger charge is -2.39. The zero-order valence-electron chi connectivity index (χ0n) is 26.0. The van der Waals surface area contributed by atoms with E-state index in [1.807, 2.05) is 18.2 Å². The summed E-state index contributed by atoms with van der Waals surface area (Å²) in [5.41, 5.74) is 19.9. The van der Waals surface area contributed by atoms with Gasteiger partial charge in [-0.1, -0.05) is 115 Å². The first-order valence-corrected chi connectivity index (χ1v) is 16.3. The Bertz CT molecular complexity index is 2500. The number of fused-ring (bicyclic) bond motifs is 10. The molecule has 0 saturated heterocycles. The van der Waals surface area contributed by atoms with Gasteiger partial charge in [0.05, 0.1) is 16.4 Å². The number of nitrogens with two attached hydrogens (primary N) is 1. The minimum Gasteiger partial charge on any atom is -0.457 e. The van der Waals surface area contributed by atoms with Crippen molar-refractivity contribution in [3.05, 3.63) is 186 Å². The van der Waals surface area contributed by atoms with Crippen LogP contribution in [-0.2, 0) is 5.41 Å². The average Bonchev–Trinajstić information content (AvgIpc) is 3.67. The van der Waals surface area contributed by atoms with Gasteiger partial charge in [-0.25, -0.2) is 4.98 Å². The van der Waals surface area contributed by atoms with E-state index in [1.54, 1.807) is 0 Å². The first kappa shape index (κ1) is 26.8. The lowest BCUT2D eigenvalue weighted by molar-refractivity contribution is 0.436. The van der Waals surface area contributed by atoms with Gasteiger partial charge in [-0.3, -0.25) is 4.57 Å². The SMILES string of the molecule is Nc1ccc(-c2cccc3c2-c2ccc(-n4c(-c5ccccc5)nc5ccccc54)cc2C32c3ccccc3Oc3ccccc32)cc1. The maximum absolute atomic E-state index is 6.63. The number of nitrogens with zero attached hydrogens (tertiary/aromatic N) is 2. The van der Waals surface area contributed by atoms with Crippen LogP contribution in [0.2, 0.25) is 0 Å². The number of imidazole rings is 1. The normalized spacial score (nSPS) is 13.4. The Balaban J connectivity index is 1.34. The van der Waals surface area contributed by atoms with E-state index in [4.69, 9.17) is 15.5 Å². The second-order valence-corrected chi connectivity index (χ2v) is 12.5. The molecule has 1 spiro atoms. The zero-order chi connectivity index (χ0) is 31.8. The van der Waals surface area contributed by atoms with E-state index in [1.165, 1.54) is 27.8 Å². The highest BCUT2D eigenvalue weighted by molar-refractivity contribution is 5.97. The van der Waals surface area contributed by atoms with E-state index in [2.05, 4.69) is 150 Å². The van der Waals surface area contributed by atoms with E-state index in [0.717, 1.165) is 62.0 Å². The third kappa shape index (κ3) is 3.63. The Morgan fingerprint density at radius 1 is 0.521 bits per heavy atom. The molecule has 2 aliphatic rings. The van der Waals surface area contributed by atoms with Gasteiger partial charge in [-0.05, 0) is 81.9 Å². The molecule has 1 aliphatic carbocycles. The summed E-state index contributed by atoms with van der Waals surface area (Å²) in [5.74, 6) is 2.66. The summed E-state index contributed by atoms with van der Waals surface area (Å²) >= 11 is 0. The molecule has 1 aromatic heterocycles. The number of ether oxygens (including phenoxy) is 1.